The van der Waals surface area contributed by atoms with E-state index in [0.717, 1.165) is 0 Å². The molecule has 0 fully saturated rings. The van der Waals surface area contributed by atoms with Gasteiger partial charge in [0.25, 0.3) is 23.6 Å². The molecule has 306 valence electrons. The Morgan fingerprint density at radius 1 is 0.733 bits per heavy atom. The number of anilines is 4. The second-order valence-electron chi connectivity index (χ2n) is 13.4. The van der Waals surface area contributed by atoms with E-state index in [-0.39, 0.29) is 45.2 Å². The zero-order chi connectivity index (χ0) is 43.7. The minimum atomic E-state index is -1.39. The number of primary amides is 1. The van der Waals surface area contributed by atoms with Gasteiger partial charge in [-0.2, -0.15) is 5.26 Å². The number of hydrogen-bond donors (Lipinski definition) is 8. The van der Waals surface area contributed by atoms with Crippen molar-refractivity contribution < 1.29 is 48.5 Å². The van der Waals surface area contributed by atoms with Crippen molar-refractivity contribution in [1.29, 1.82) is 5.26 Å². The lowest BCUT2D eigenvalue weighted by molar-refractivity contribution is -0.123. The van der Waals surface area contributed by atoms with Gasteiger partial charge in [-0.25, -0.2) is 4.79 Å². The van der Waals surface area contributed by atoms with Crippen LogP contribution in [0.3, 0.4) is 0 Å². The van der Waals surface area contributed by atoms with Gasteiger partial charge < -0.3 is 51.8 Å². The molecule has 0 radical (unpaired) electrons. The number of nitrogens with zero attached hydrogens (tertiary/aromatic N) is 2. The van der Waals surface area contributed by atoms with Crippen LogP contribution >= 0.6 is 0 Å². The van der Waals surface area contributed by atoms with Crippen LogP contribution in [0.1, 0.15) is 77.8 Å². The Balaban J connectivity index is 1.22. The third-order valence-corrected chi connectivity index (χ3v) is 8.58. The highest BCUT2D eigenvalue weighted by Crippen LogP contribution is 2.39. The summed E-state index contributed by atoms with van der Waals surface area (Å²) in [6, 6.07) is 21.8. The number of phenolic OH excluding ortho intramolecular Hbond substituents is 1. The summed E-state index contributed by atoms with van der Waals surface area (Å²) < 4.78 is 7.06. The molecule has 1 atom stereocenters. The van der Waals surface area contributed by atoms with E-state index in [1.165, 1.54) is 109 Å². The van der Waals surface area contributed by atoms with Gasteiger partial charge in [-0.05, 0) is 105 Å². The van der Waals surface area contributed by atoms with Gasteiger partial charge in [0.05, 0.1) is 41.1 Å². The molecule has 1 aromatic heterocycles. The number of nitriles is 1. The first-order valence-electron chi connectivity index (χ1n) is 18.0. The lowest BCUT2D eigenvalue weighted by atomic mass is 10.1. The van der Waals surface area contributed by atoms with Gasteiger partial charge in [0.1, 0.15) is 11.7 Å². The lowest BCUT2D eigenvalue weighted by Gasteiger charge is -2.18. The molecule has 9 N–H and O–H groups in total. The number of aromatic hydroxyl groups is 1. The summed E-state index contributed by atoms with van der Waals surface area (Å²) in [5, 5.41) is 42.2. The number of aryl methyl sites for hydroxylation is 1. The van der Waals surface area contributed by atoms with Crippen LogP contribution in [0.25, 0.3) is 0 Å². The van der Waals surface area contributed by atoms with Crippen molar-refractivity contribution in [3.8, 4) is 17.6 Å². The number of aromatic nitrogens is 1. The average molecular weight is 815 g/mol. The van der Waals surface area contributed by atoms with Crippen LogP contribution in [0.2, 0.25) is 0 Å². The minimum Gasteiger partial charge on any atom is -0.504 e. The molecule has 0 unspecified atom stereocenters. The molecule has 1 heterocycles. The Kier molecular flexibility index (Phi) is 13.3. The minimum absolute atomic E-state index is 0.0283. The van der Waals surface area contributed by atoms with Crippen LogP contribution in [-0.2, 0) is 16.6 Å². The summed E-state index contributed by atoms with van der Waals surface area (Å²) in [6.45, 7) is 3.34. The molecule has 18 heteroatoms. The highest BCUT2D eigenvalue weighted by Gasteiger charge is 2.25. The zero-order valence-electron chi connectivity index (χ0n) is 32.2. The van der Waals surface area contributed by atoms with Gasteiger partial charge in [-0.3, -0.25) is 28.8 Å². The third-order valence-electron chi connectivity index (χ3n) is 8.58. The third kappa shape index (κ3) is 10.7. The van der Waals surface area contributed by atoms with Crippen LogP contribution in [0.15, 0.2) is 97.2 Å². The van der Waals surface area contributed by atoms with Gasteiger partial charge in [-0.15, -0.1) is 0 Å². The summed E-state index contributed by atoms with van der Waals surface area (Å²) in [6.07, 6.45) is 0.356. The number of carboxylic acids is 1. The number of nitrogens with two attached hydrogens (primary N) is 1. The van der Waals surface area contributed by atoms with Crippen molar-refractivity contribution in [3.05, 3.63) is 131 Å². The molecule has 5 rings (SSSR count). The number of carboxylic acid groups (broad SMARTS) is 1. The molecule has 6 amide bonds. The second-order valence-corrected chi connectivity index (χ2v) is 13.4. The van der Waals surface area contributed by atoms with E-state index in [0.29, 0.717) is 16.8 Å². The molecule has 0 spiro atoms. The van der Waals surface area contributed by atoms with E-state index in [1.54, 1.807) is 13.8 Å². The molecule has 0 aliphatic heterocycles. The SMILES string of the molecule is CC(C)Oc1c(NC(=O)c2ccc(NC(=O)[C@H](CC(N)=O)NC(=O)c3ccc(NC(=O)c4ccc(C#N)cc4)cc3)cc2)ccc(C(=O)Nc2cc(C(=O)O)n(C)c2)c1O. The number of ether oxygens (including phenoxy) is 1. The number of carbonyl (C=O) groups is 7. The van der Waals surface area contributed by atoms with Crippen molar-refractivity contribution in [2.24, 2.45) is 12.8 Å². The van der Waals surface area contributed by atoms with Crippen LogP contribution in [0, 0.1) is 11.3 Å². The molecular formula is C42H38N8O10. The van der Waals surface area contributed by atoms with Gasteiger partial charge in [0.2, 0.25) is 11.8 Å². The maximum Gasteiger partial charge on any atom is 0.352 e. The normalized spacial score (nSPS) is 11.1. The van der Waals surface area contributed by atoms with Crippen LogP contribution in [0.4, 0.5) is 22.7 Å². The van der Waals surface area contributed by atoms with E-state index in [1.807, 2.05) is 6.07 Å². The highest BCUT2D eigenvalue weighted by atomic mass is 16.5. The maximum atomic E-state index is 13.3. The number of hydrogen-bond acceptors (Lipinski definition) is 10. The number of benzene rings is 4. The Morgan fingerprint density at radius 2 is 1.27 bits per heavy atom. The van der Waals surface area contributed by atoms with Crippen LogP contribution in [-0.4, -0.2) is 68.3 Å². The topological polar surface area (TPSA) is 284 Å². The number of nitrogens with one attached hydrogen (secondary N) is 5. The molecule has 5 aromatic rings. The maximum absolute atomic E-state index is 13.3. The van der Waals surface area contributed by atoms with Crippen molar-refractivity contribution in [1.82, 2.24) is 9.88 Å². The average Bonchev–Trinajstić information content (AvgIpc) is 3.58. The molecule has 0 bridgehead atoms. The Hall–Kier alpha value is -8.46. The molecule has 18 nitrogen and oxygen atoms in total. The summed E-state index contributed by atoms with van der Waals surface area (Å²) in [5.74, 6) is -6.18. The van der Waals surface area contributed by atoms with Crippen LogP contribution < -0.4 is 37.1 Å². The van der Waals surface area contributed by atoms with E-state index in [2.05, 4.69) is 26.6 Å². The largest absolute Gasteiger partial charge is 0.504 e. The second kappa shape index (κ2) is 18.7. The fourth-order valence-corrected chi connectivity index (χ4v) is 5.64. The van der Waals surface area contributed by atoms with Crippen LogP contribution in [0.5, 0.6) is 11.5 Å². The first-order valence-corrected chi connectivity index (χ1v) is 18.0. The first kappa shape index (κ1) is 42.7. The lowest BCUT2D eigenvalue weighted by Crippen LogP contribution is -2.46. The summed E-state index contributed by atoms with van der Waals surface area (Å²) in [4.78, 5) is 88.5. The zero-order valence-corrected chi connectivity index (χ0v) is 32.2. The van der Waals surface area contributed by atoms with E-state index >= 15 is 0 Å². The molecule has 60 heavy (non-hydrogen) atoms. The van der Waals surface area contributed by atoms with E-state index < -0.39 is 65.7 Å². The van der Waals surface area contributed by atoms with Crippen molar-refractivity contribution >= 4 is 64.2 Å². The van der Waals surface area contributed by atoms with E-state index in [4.69, 9.17) is 15.7 Å². The van der Waals surface area contributed by atoms with E-state index in [9.17, 15) is 43.8 Å². The fraction of sp³-hybridized carbons (Fsp3) is 0.143. The quantitative estimate of drug-likeness (QED) is 0.0730. The number of amides is 6. The summed E-state index contributed by atoms with van der Waals surface area (Å²) >= 11 is 0. The van der Waals surface area contributed by atoms with Gasteiger partial charge in [-0.1, -0.05) is 0 Å². The predicted molar refractivity (Wildman–Crippen MR) is 218 cm³/mol. The summed E-state index contributed by atoms with van der Waals surface area (Å²) in [7, 11) is 1.49. The first-order chi connectivity index (χ1) is 28.5. The van der Waals surface area contributed by atoms with Gasteiger partial charge in [0.15, 0.2) is 11.5 Å². The predicted octanol–water partition coefficient (Wildman–Crippen LogP) is 4.46. The smallest absolute Gasteiger partial charge is 0.352 e. The Bertz CT molecular complexity index is 2520. The van der Waals surface area contributed by atoms with Crippen molar-refractivity contribution in [2.45, 2.75) is 32.4 Å². The van der Waals surface area contributed by atoms with Crippen molar-refractivity contribution in [2.75, 3.05) is 21.3 Å². The molecule has 0 saturated heterocycles. The molecule has 0 saturated carbocycles. The molecule has 0 aliphatic carbocycles. The van der Waals surface area contributed by atoms with Gasteiger partial charge >= 0.3 is 5.97 Å². The number of aromatic carboxylic acids is 1. The summed E-state index contributed by atoms with van der Waals surface area (Å²) in [5.41, 5.74) is 6.79. The number of carbonyl (C=O) groups excluding carboxylic acids is 6. The fourth-order valence-electron chi connectivity index (χ4n) is 5.64. The van der Waals surface area contributed by atoms with Crippen molar-refractivity contribution in [3.63, 3.8) is 0 Å². The molecule has 0 aliphatic rings. The molecular weight excluding hydrogens is 777 g/mol. The Morgan fingerprint density at radius 3 is 1.80 bits per heavy atom. The Labute approximate surface area is 342 Å². The monoisotopic (exact) mass is 814 g/mol. The standard InChI is InChI=1S/C42H38N8O10/c1-22(2)60-36-31(17-16-30(35(36)52)40(56)47-29-18-33(42(58)59)50(3)21-29)48-38(54)25-10-14-28(15-11-25)46-41(57)32(19-34(44)51)49-39(55)26-8-12-27(13-9-26)45-37(53)24-6-4-23(20-43)5-7-24/h4-18,21-22,32,52H,19H2,1-3H3,(H2,44,51)(H,45,53)(H,46,57)(H,47,56)(H,48,54)(H,49,55)(H,58,59)/t32-/m0/s1. The molecule has 4 aromatic carbocycles. The number of phenols is 1. The number of rotatable bonds is 15. The van der Waals surface area contributed by atoms with Gasteiger partial charge in [0, 0.05) is 41.3 Å². The highest BCUT2D eigenvalue weighted by molar-refractivity contribution is 6.10.